The lowest BCUT2D eigenvalue weighted by atomic mass is 9.83. The van der Waals surface area contributed by atoms with Crippen LogP contribution in [0.1, 0.15) is 77.8 Å². The Morgan fingerprint density at radius 1 is 1.19 bits per heavy atom. The molecule has 0 saturated heterocycles. The Morgan fingerprint density at radius 3 is 2.43 bits per heavy atom. The predicted octanol–water partition coefficient (Wildman–Crippen LogP) is 6.23. The molecule has 1 heteroatoms. The summed E-state index contributed by atoms with van der Waals surface area (Å²) in [5.74, 6) is 1.61. The van der Waals surface area contributed by atoms with E-state index in [9.17, 15) is 0 Å². The number of allylic oxidation sites excluding steroid dienone is 2. The van der Waals surface area contributed by atoms with Crippen molar-refractivity contribution >= 4 is 0 Å². The van der Waals surface area contributed by atoms with Gasteiger partial charge in [-0.2, -0.15) is 0 Å². The first-order chi connectivity index (χ1) is 9.93. The summed E-state index contributed by atoms with van der Waals surface area (Å²) in [5, 5.41) is 0. The van der Waals surface area contributed by atoms with Crippen LogP contribution in [0.15, 0.2) is 30.4 Å². The van der Waals surface area contributed by atoms with E-state index in [0.717, 1.165) is 31.6 Å². The van der Waals surface area contributed by atoms with Crippen molar-refractivity contribution in [2.75, 3.05) is 6.61 Å². The number of ether oxygens (including phenoxy) is 1. The van der Waals surface area contributed by atoms with Crippen molar-refractivity contribution in [2.24, 2.45) is 0 Å². The summed E-state index contributed by atoms with van der Waals surface area (Å²) >= 11 is 0. The number of hydrogen-bond acceptors (Lipinski definition) is 1. The van der Waals surface area contributed by atoms with Crippen LogP contribution in [0.25, 0.3) is 0 Å². The Morgan fingerprint density at radius 2 is 1.90 bits per heavy atom. The van der Waals surface area contributed by atoms with Crippen LogP contribution in [0.3, 0.4) is 0 Å². The SMILES string of the molecule is C/C=C\CC(CC)c1cc(C(C)(C)C)ccc1OCCC. The van der Waals surface area contributed by atoms with Crippen molar-refractivity contribution in [3.8, 4) is 5.75 Å². The highest BCUT2D eigenvalue weighted by atomic mass is 16.5. The molecule has 1 atom stereocenters. The third-order valence-electron chi connectivity index (χ3n) is 3.93. The van der Waals surface area contributed by atoms with Gasteiger partial charge >= 0.3 is 0 Å². The number of benzene rings is 1. The van der Waals surface area contributed by atoms with Crippen molar-refractivity contribution in [3.05, 3.63) is 41.5 Å². The predicted molar refractivity (Wildman–Crippen MR) is 93.4 cm³/mol. The molecule has 1 aromatic carbocycles. The molecule has 0 bridgehead atoms. The lowest BCUT2D eigenvalue weighted by Crippen LogP contribution is -2.13. The lowest BCUT2D eigenvalue weighted by Gasteiger charge is -2.24. The summed E-state index contributed by atoms with van der Waals surface area (Å²) in [6.07, 6.45) is 7.68. The molecule has 118 valence electrons. The fraction of sp³-hybridized carbons (Fsp3) is 0.600. The topological polar surface area (TPSA) is 9.23 Å². The van der Waals surface area contributed by atoms with E-state index in [1.807, 2.05) is 0 Å². The Balaban J connectivity index is 3.19. The van der Waals surface area contributed by atoms with Gasteiger partial charge in [0.15, 0.2) is 0 Å². The third kappa shape index (κ3) is 5.22. The second-order valence-electron chi connectivity index (χ2n) is 6.76. The highest BCUT2D eigenvalue weighted by Gasteiger charge is 2.19. The average molecular weight is 288 g/mol. The van der Waals surface area contributed by atoms with Crippen molar-refractivity contribution < 1.29 is 4.74 Å². The van der Waals surface area contributed by atoms with E-state index in [2.05, 4.69) is 71.9 Å². The second kappa shape index (κ2) is 8.26. The molecule has 0 spiro atoms. The molecule has 0 aliphatic rings. The van der Waals surface area contributed by atoms with Crippen molar-refractivity contribution in [1.82, 2.24) is 0 Å². The van der Waals surface area contributed by atoms with Gasteiger partial charge in [0.05, 0.1) is 6.61 Å². The van der Waals surface area contributed by atoms with Crippen LogP contribution >= 0.6 is 0 Å². The summed E-state index contributed by atoms with van der Waals surface area (Å²) in [5.41, 5.74) is 2.94. The highest BCUT2D eigenvalue weighted by Crippen LogP contribution is 2.35. The van der Waals surface area contributed by atoms with E-state index >= 15 is 0 Å². The van der Waals surface area contributed by atoms with Crippen molar-refractivity contribution in [1.29, 1.82) is 0 Å². The zero-order valence-electron chi connectivity index (χ0n) is 14.7. The smallest absolute Gasteiger partial charge is 0.122 e. The van der Waals surface area contributed by atoms with Gasteiger partial charge in [-0.25, -0.2) is 0 Å². The summed E-state index contributed by atoms with van der Waals surface area (Å²) < 4.78 is 5.99. The fourth-order valence-corrected chi connectivity index (χ4v) is 2.49. The molecule has 0 heterocycles. The van der Waals surface area contributed by atoms with Crippen LogP contribution in [0.5, 0.6) is 5.75 Å². The molecule has 1 rings (SSSR count). The van der Waals surface area contributed by atoms with Crippen LogP contribution in [-0.2, 0) is 5.41 Å². The molecule has 0 amide bonds. The Hall–Kier alpha value is -1.24. The monoisotopic (exact) mass is 288 g/mol. The summed E-state index contributed by atoms with van der Waals surface area (Å²) in [7, 11) is 0. The number of rotatable bonds is 7. The fourth-order valence-electron chi connectivity index (χ4n) is 2.49. The van der Waals surface area contributed by atoms with Gasteiger partial charge in [0, 0.05) is 0 Å². The molecular formula is C20H32O. The summed E-state index contributed by atoms with van der Waals surface area (Å²) in [6, 6.07) is 6.75. The molecule has 0 fully saturated rings. The van der Waals surface area contributed by atoms with Gasteiger partial charge in [0.25, 0.3) is 0 Å². The molecule has 21 heavy (non-hydrogen) atoms. The van der Waals surface area contributed by atoms with Crippen LogP contribution in [-0.4, -0.2) is 6.61 Å². The molecule has 0 saturated carbocycles. The van der Waals surface area contributed by atoms with Gasteiger partial charge in [-0.1, -0.05) is 58.9 Å². The quantitative estimate of drug-likeness (QED) is 0.540. The Kier molecular flexibility index (Phi) is 7.01. The third-order valence-corrected chi connectivity index (χ3v) is 3.93. The second-order valence-corrected chi connectivity index (χ2v) is 6.76. The van der Waals surface area contributed by atoms with Crippen molar-refractivity contribution in [3.63, 3.8) is 0 Å². The molecule has 0 aromatic heterocycles. The minimum atomic E-state index is 0.178. The summed E-state index contributed by atoms with van der Waals surface area (Å²) in [6.45, 7) is 14.1. The zero-order chi connectivity index (χ0) is 15.9. The van der Waals surface area contributed by atoms with E-state index in [4.69, 9.17) is 4.74 Å². The minimum Gasteiger partial charge on any atom is -0.493 e. The first kappa shape index (κ1) is 17.8. The molecule has 0 aliphatic carbocycles. The molecule has 1 nitrogen and oxygen atoms in total. The maximum absolute atomic E-state index is 5.99. The van der Waals surface area contributed by atoms with Crippen LogP contribution in [0.2, 0.25) is 0 Å². The van der Waals surface area contributed by atoms with Gasteiger partial charge in [-0.15, -0.1) is 0 Å². The average Bonchev–Trinajstić information content (AvgIpc) is 2.45. The van der Waals surface area contributed by atoms with Crippen LogP contribution in [0, 0.1) is 0 Å². The first-order valence-corrected chi connectivity index (χ1v) is 8.32. The molecule has 0 radical (unpaired) electrons. The van der Waals surface area contributed by atoms with E-state index in [1.54, 1.807) is 0 Å². The van der Waals surface area contributed by atoms with Crippen LogP contribution in [0.4, 0.5) is 0 Å². The molecular weight excluding hydrogens is 256 g/mol. The minimum absolute atomic E-state index is 0.178. The normalized spacial score (nSPS) is 13.6. The van der Waals surface area contributed by atoms with Gasteiger partial charge in [0.1, 0.15) is 5.75 Å². The Labute approximate surface area is 131 Å². The molecule has 1 aromatic rings. The Bertz CT molecular complexity index is 451. The first-order valence-electron chi connectivity index (χ1n) is 8.32. The van der Waals surface area contributed by atoms with E-state index in [0.29, 0.717) is 5.92 Å². The van der Waals surface area contributed by atoms with E-state index in [1.165, 1.54) is 11.1 Å². The maximum atomic E-state index is 5.99. The van der Waals surface area contributed by atoms with E-state index in [-0.39, 0.29) is 5.41 Å². The maximum Gasteiger partial charge on any atom is 0.122 e. The van der Waals surface area contributed by atoms with Gasteiger partial charge < -0.3 is 4.74 Å². The molecule has 0 N–H and O–H groups in total. The van der Waals surface area contributed by atoms with Crippen molar-refractivity contribution in [2.45, 2.75) is 72.1 Å². The van der Waals surface area contributed by atoms with Crippen LogP contribution < -0.4 is 4.74 Å². The van der Waals surface area contributed by atoms with E-state index < -0.39 is 0 Å². The van der Waals surface area contributed by atoms with Gasteiger partial charge in [-0.3, -0.25) is 0 Å². The largest absolute Gasteiger partial charge is 0.493 e. The highest BCUT2D eigenvalue weighted by molar-refractivity contribution is 5.42. The van der Waals surface area contributed by atoms with Gasteiger partial charge in [-0.05, 0) is 54.7 Å². The van der Waals surface area contributed by atoms with Gasteiger partial charge in [0.2, 0.25) is 0 Å². The summed E-state index contributed by atoms with van der Waals surface area (Å²) in [4.78, 5) is 0. The standard InChI is InChI=1S/C20H32O/c1-7-10-11-16(9-3)18-15-17(20(4,5)6)12-13-19(18)21-14-8-2/h7,10,12-13,15-16H,8-9,11,14H2,1-6H3/b10-7-. The zero-order valence-corrected chi connectivity index (χ0v) is 14.7. The lowest BCUT2D eigenvalue weighted by molar-refractivity contribution is 0.311. The molecule has 0 aliphatic heterocycles. The number of hydrogen-bond donors (Lipinski definition) is 0. The molecule has 1 unspecified atom stereocenters.